The Kier molecular flexibility index (Phi) is 6.06. The third-order valence-electron chi connectivity index (χ3n) is 3.04. The molecule has 0 atom stereocenters. The van der Waals surface area contributed by atoms with Gasteiger partial charge < -0.3 is 10.1 Å². The van der Waals surface area contributed by atoms with Crippen molar-refractivity contribution in [2.24, 2.45) is 0 Å². The zero-order valence-electron chi connectivity index (χ0n) is 13.2. The van der Waals surface area contributed by atoms with Gasteiger partial charge in [0.25, 0.3) is 0 Å². The van der Waals surface area contributed by atoms with E-state index in [9.17, 15) is 9.59 Å². The van der Waals surface area contributed by atoms with Crippen LogP contribution in [-0.2, 0) is 27.2 Å². The van der Waals surface area contributed by atoms with Crippen molar-refractivity contribution in [3.05, 3.63) is 38.5 Å². The van der Waals surface area contributed by atoms with Crippen LogP contribution in [0.2, 0.25) is 0 Å². The maximum absolute atomic E-state index is 11.2. The highest BCUT2D eigenvalue weighted by Crippen LogP contribution is 2.25. The second-order valence-corrected chi connectivity index (χ2v) is 6.97. The lowest BCUT2D eigenvalue weighted by molar-refractivity contribution is -0.134. The first kappa shape index (κ1) is 17.4. The molecular formula is C16H18N2O3S2. The van der Waals surface area contributed by atoms with Gasteiger partial charge in [-0.05, 0) is 37.5 Å². The summed E-state index contributed by atoms with van der Waals surface area (Å²) in [4.78, 5) is 28.8. The molecule has 2 rings (SSSR count). The van der Waals surface area contributed by atoms with Crippen molar-refractivity contribution in [2.45, 2.75) is 26.7 Å². The van der Waals surface area contributed by atoms with Crippen molar-refractivity contribution in [3.8, 4) is 0 Å². The summed E-state index contributed by atoms with van der Waals surface area (Å²) < 4.78 is 4.60. The third-order valence-corrected chi connectivity index (χ3v) is 5.11. The number of nitrogens with one attached hydrogen (secondary N) is 1. The zero-order chi connectivity index (χ0) is 16.8. The molecule has 1 amide bonds. The van der Waals surface area contributed by atoms with Gasteiger partial charge in [0.05, 0.1) is 12.8 Å². The molecule has 0 saturated carbocycles. The first-order chi connectivity index (χ1) is 11.0. The fourth-order valence-electron chi connectivity index (χ4n) is 1.95. The van der Waals surface area contributed by atoms with Crippen LogP contribution in [0, 0.1) is 6.92 Å². The highest BCUT2D eigenvalue weighted by molar-refractivity contribution is 7.14. The number of aryl methyl sites for hydroxylation is 3. The Hall–Kier alpha value is -1.99. The van der Waals surface area contributed by atoms with Crippen LogP contribution in [0.4, 0.5) is 5.13 Å². The number of hydrogen-bond acceptors (Lipinski definition) is 6. The second kappa shape index (κ2) is 8.03. The lowest BCUT2D eigenvalue weighted by Gasteiger charge is -1.95. The molecule has 0 aromatic carbocycles. The van der Waals surface area contributed by atoms with Gasteiger partial charge >= 0.3 is 5.97 Å². The van der Waals surface area contributed by atoms with Gasteiger partial charge in [0.1, 0.15) is 0 Å². The molecule has 0 aliphatic heterocycles. The van der Waals surface area contributed by atoms with E-state index >= 15 is 0 Å². The first-order valence-electron chi connectivity index (χ1n) is 7.05. The zero-order valence-corrected chi connectivity index (χ0v) is 14.8. The topological polar surface area (TPSA) is 68.3 Å². The standard InChI is InChI=1S/C16H18N2O3S2/c1-10-8-13(23-14(10)6-7-15(20)21-3)5-4-12-9-22-16(18-12)17-11(2)19/h6-9H,4-5H2,1-3H3,(H,17,18,19). The monoisotopic (exact) mass is 350 g/mol. The van der Waals surface area contributed by atoms with Gasteiger partial charge in [0.2, 0.25) is 5.91 Å². The number of nitrogens with zero attached hydrogens (tertiary/aromatic N) is 1. The first-order valence-corrected chi connectivity index (χ1v) is 8.75. The Labute approximate surface area is 143 Å². The van der Waals surface area contributed by atoms with Gasteiger partial charge in [0.15, 0.2) is 5.13 Å². The number of anilines is 1. The lowest BCUT2D eigenvalue weighted by Crippen LogP contribution is -2.05. The number of aromatic nitrogens is 1. The van der Waals surface area contributed by atoms with Crippen molar-refractivity contribution in [2.75, 3.05) is 12.4 Å². The minimum Gasteiger partial charge on any atom is -0.466 e. The van der Waals surface area contributed by atoms with Crippen LogP contribution in [0.15, 0.2) is 17.5 Å². The molecule has 23 heavy (non-hydrogen) atoms. The summed E-state index contributed by atoms with van der Waals surface area (Å²) in [5.41, 5.74) is 2.11. The number of carbonyl (C=O) groups is 2. The number of thiazole rings is 1. The second-order valence-electron chi connectivity index (χ2n) is 4.94. The molecule has 2 heterocycles. The highest BCUT2D eigenvalue weighted by Gasteiger charge is 2.07. The van der Waals surface area contributed by atoms with E-state index in [0.717, 1.165) is 29.0 Å². The summed E-state index contributed by atoms with van der Waals surface area (Å²) in [5, 5.41) is 5.29. The molecule has 7 heteroatoms. The highest BCUT2D eigenvalue weighted by atomic mass is 32.1. The van der Waals surface area contributed by atoms with Gasteiger partial charge in [-0.1, -0.05) is 0 Å². The molecule has 0 saturated heterocycles. The molecule has 0 fully saturated rings. The Bertz CT molecular complexity index is 732. The number of rotatable bonds is 6. The van der Waals surface area contributed by atoms with Crippen molar-refractivity contribution < 1.29 is 14.3 Å². The summed E-state index contributed by atoms with van der Waals surface area (Å²) in [6.45, 7) is 3.49. The molecule has 5 nitrogen and oxygen atoms in total. The molecule has 122 valence electrons. The van der Waals surface area contributed by atoms with Crippen LogP contribution in [0.1, 0.15) is 27.9 Å². The third kappa shape index (κ3) is 5.30. The Morgan fingerprint density at radius 1 is 1.39 bits per heavy atom. The summed E-state index contributed by atoms with van der Waals surface area (Å²) in [7, 11) is 1.36. The van der Waals surface area contributed by atoms with Crippen LogP contribution in [0.3, 0.4) is 0 Å². The molecule has 0 unspecified atom stereocenters. The lowest BCUT2D eigenvalue weighted by atomic mass is 10.2. The molecule has 0 radical (unpaired) electrons. The minimum atomic E-state index is -0.354. The maximum Gasteiger partial charge on any atom is 0.330 e. The SMILES string of the molecule is COC(=O)C=Cc1sc(CCc2csc(NC(C)=O)n2)cc1C. The average molecular weight is 350 g/mol. The molecule has 0 spiro atoms. The smallest absolute Gasteiger partial charge is 0.330 e. The fraction of sp³-hybridized carbons (Fsp3) is 0.312. The minimum absolute atomic E-state index is 0.109. The van der Waals surface area contributed by atoms with Crippen molar-refractivity contribution >= 4 is 45.8 Å². The van der Waals surface area contributed by atoms with Crippen LogP contribution < -0.4 is 5.32 Å². The Morgan fingerprint density at radius 3 is 2.87 bits per heavy atom. The largest absolute Gasteiger partial charge is 0.466 e. The molecular weight excluding hydrogens is 332 g/mol. The number of thiophene rings is 1. The summed E-state index contributed by atoms with van der Waals surface area (Å²) in [5.74, 6) is -0.464. The molecule has 1 N–H and O–H groups in total. The molecule has 2 aromatic rings. The van der Waals surface area contributed by atoms with Crippen LogP contribution in [0.25, 0.3) is 6.08 Å². The van der Waals surface area contributed by atoms with Crippen molar-refractivity contribution in [1.82, 2.24) is 4.98 Å². The number of methoxy groups -OCH3 is 1. The number of ether oxygens (including phenoxy) is 1. The molecule has 0 aliphatic carbocycles. The average Bonchev–Trinajstić information content (AvgIpc) is 3.08. The number of amides is 1. The van der Waals surface area contributed by atoms with Crippen LogP contribution in [-0.4, -0.2) is 24.0 Å². The summed E-state index contributed by atoms with van der Waals surface area (Å²) in [6, 6.07) is 2.13. The van der Waals surface area contributed by atoms with Crippen LogP contribution in [0.5, 0.6) is 0 Å². The maximum atomic E-state index is 11.2. The van der Waals surface area contributed by atoms with E-state index in [2.05, 4.69) is 21.1 Å². The van der Waals surface area contributed by atoms with E-state index in [1.54, 1.807) is 17.4 Å². The molecule has 0 bridgehead atoms. The van der Waals surface area contributed by atoms with Gasteiger partial charge in [-0.3, -0.25) is 4.79 Å². The quantitative estimate of drug-likeness (QED) is 0.640. The van der Waals surface area contributed by atoms with Gasteiger partial charge in [0, 0.05) is 28.1 Å². The van der Waals surface area contributed by atoms with E-state index < -0.39 is 0 Å². The van der Waals surface area contributed by atoms with Gasteiger partial charge in [-0.25, -0.2) is 9.78 Å². The Balaban J connectivity index is 1.96. The van der Waals surface area contributed by atoms with E-state index in [1.807, 2.05) is 12.3 Å². The number of carbonyl (C=O) groups excluding carboxylic acids is 2. The normalized spacial score (nSPS) is 10.9. The Morgan fingerprint density at radius 2 is 2.17 bits per heavy atom. The van der Waals surface area contributed by atoms with Crippen LogP contribution >= 0.6 is 22.7 Å². The summed E-state index contributed by atoms with van der Waals surface area (Å²) in [6.07, 6.45) is 4.91. The van der Waals surface area contributed by atoms with E-state index in [-0.39, 0.29) is 11.9 Å². The van der Waals surface area contributed by atoms with Crippen molar-refractivity contribution in [1.29, 1.82) is 0 Å². The summed E-state index contributed by atoms with van der Waals surface area (Å²) >= 11 is 3.09. The predicted octanol–water partition coefficient (Wildman–Crippen LogP) is 3.44. The number of esters is 1. The molecule has 0 aliphatic rings. The molecule has 2 aromatic heterocycles. The fourth-order valence-corrected chi connectivity index (χ4v) is 3.81. The van der Waals surface area contributed by atoms with E-state index in [0.29, 0.717) is 5.13 Å². The van der Waals surface area contributed by atoms with E-state index in [4.69, 9.17) is 0 Å². The van der Waals surface area contributed by atoms with Crippen molar-refractivity contribution in [3.63, 3.8) is 0 Å². The van der Waals surface area contributed by atoms with Gasteiger partial charge in [-0.15, -0.1) is 22.7 Å². The van der Waals surface area contributed by atoms with E-state index in [1.165, 1.54) is 36.3 Å². The number of hydrogen-bond donors (Lipinski definition) is 1. The predicted molar refractivity (Wildman–Crippen MR) is 93.9 cm³/mol. The van der Waals surface area contributed by atoms with Gasteiger partial charge in [-0.2, -0.15) is 0 Å².